The minimum atomic E-state index is -0.385. The SMILES string of the molecule is COc1ccccc1.O=C1N[C@H](c2cccc(C#Cc3ncccn3)c2)CO1. The molecule has 0 saturated carbocycles. The highest BCUT2D eigenvalue weighted by Crippen LogP contribution is 2.18. The van der Waals surface area contributed by atoms with Crippen LogP contribution in [0.5, 0.6) is 5.75 Å². The molecule has 1 aromatic heterocycles. The molecule has 6 heteroatoms. The summed E-state index contributed by atoms with van der Waals surface area (Å²) in [5.74, 6) is 7.30. The average molecular weight is 373 g/mol. The van der Waals surface area contributed by atoms with Crippen LogP contribution in [0.25, 0.3) is 0 Å². The van der Waals surface area contributed by atoms with Crippen molar-refractivity contribution in [2.24, 2.45) is 0 Å². The summed E-state index contributed by atoms with van der Waals surface area (Å²) in [4.78, 5) is 19.1. The summed E-state index contributed by atoms with van der Waals surface area (Å²) in [5, 5.41) is 2.74. The number of hydrogen-bond acceptors (Lipinski definition) is 5. The summed E-state index contributed by atoms with van der Waals surface area (Å²) in [6.45, 7) is 0.345. The van der Waals surface area contributed by atoms with Gasteiger partial charge in [0.05, 0.1) is 13.2 Å². The van der Waals surface area contributed by atoms with Crippen LogP contribution in [0.4, 0.5) is 4.79 Å². The fourth-order valence-corrected chi connectivity index (χ4v) is 2.45. The van der Waals surface area contributed by atoms with E-state index in [-0.39, 0.29) is 12.1 Å². The molecule has 1 aliphatic heterocycles. The number of nitrogens with zero attached hydrogens (tertiary/aromatic N) is 2. The Kier molecular flexibility index (Phi) is 6.58. The second-order valence-electron chi connectivity index (χ2n) is 5.76. The molecule has 4 rings (SSSR count). The molecular weight excluding hydrogens is 354 g/mol. The summed E-state index contributed by atoms with van der Waals surface area (Å²) in [6.07, 6.45) is 2.92. The van der Waals surface area contributed by atoms with Crippen LogP contribution in [0.15, 0.2) is 73.1 Å². The second-order valence-corrected chi connectivity index (χ2v) is 5.76. The summed E-state index contributed by atoms with van der Waals surface area (Å²) in [6, 6.07) is 19.0. The molecule has 1 atom stereocenters. The van der Waals surface area contributed by atoms with Crippen molar-refractivity contribution in [3.8, 4) is 17.6 Å². The number of methoxy groups -OCH3 is 1. The fourth-order valence-electron chi connectivity index (χ4n) is 2.45. The van der Waals surface area contributed by atoms with Gasteiger partial charge in [-0.25, -0.2) is 14.8 Å². The van der Waals surface area contributed by atoms with E-state index in [0.717, 1.165) is 16.9 Å². The molecule has 1 saturated heterocycles. The lowest BCUT2D eigenvalue weighted by Crippen LogP contribution is -2.18. The Labute approximate surface area is 163 Å². The van der Waals surface area contributed by atoms with Crippen molar-refractivity contribution in [1.29, 1.82) is 0 Å². The van der Waals surface area contributed by atoms with E-state index < -0.39 is 0 Å². The number of nitrogens with one attached hydrogen (secondary N) is 1. The number of hydrogen-bond donors (Lipinski definition) is 1. The molecule has 2 aromatic carbocycles. The molecule has 6 nitrogen and oxygen atoms in total. The molecule has 0 spiro atoms. The molecule has 2 heterocycles. The van der Waals surface area contributed by atoms with Crippen molar-refractivity contribution < 1.29 is 14.3 Å². The number of carbonyl (C=O) groups excluding carboxylic acids is 1. The monoisotopic (exact) mass is 373 g/mol. The van der Waals surface area contributed by atoms with Gasteiger partial charge in [0, 0.05) is 18.0 Å². The number of aromatic nitrogens is 2. The highest BCUT2D eigenvalue weighted by molar-refractivity contribution is 5.70. The predicted octanol–water partition coefficient (Wildman–Crippen LogP) is 3.35. The van der Waals surface area contributed by atoms with Gasteiger partial charge in [0.15, 0.2) is 0 Å². The van der Waals surface area contributed by atoms with Crippen molar-refractivity contribution in [3.63, 3.8) is 0 Å². The first-order valence-electron chi connectivity index (χ1n) is 8.66. The first kappa shape index (κ1) is 18.9. The molecule has 0 bridgehead atoms. The van der Waals surface area contributed by atoms with Crippen molar-refractivity contribution >= 4 is 6.09 Å². The first-order chi connectivity index (χ1) is 13.7. The van der Waals surface area contributed by atoms with Gasteiger partial charge in [-0.05, 0) is 41.8 Å². The number of para-hydroxylation sites is 1. The third-order valence-electron chi connectivity index (χ3n) is 3.83. The molecule has 3 aromatic rings. The Morgan fingerprint density at radius 2 is 1.82 bits per heavy atom. The third-order valence-corrected chi connectivity index (χ3v) is 3.83. The molecule has 0 radical (unpaired) electrons. The summed E-state index contributed by atoms with van der Waals surface area (Å²) in [5.41, 5.74) is 1.81. The molecule has 1 amide bonds. The molecule has 0 unspecified atom stereocenters. The smallest absolute Gasteiger partial charge is 0.407 e. The van der Waals surface area contributed by atoms with Gasteiger partial charge in [-0.15, -0.1) is 0 Å². The lowest BCUT2D eigenvalue weighted by atomic mass is 10.1. The van der Waals surface area contributed by atoms with E-state index >= 15 is 0 Å². The largest absolute Gasteiger partial charge is 0.497 e. The first-order valence-corrected chi connectivity index (χ1v) is 8.66. The van der Waals surface area contributed by atoms with E-state index in [1.807, 2.05) is 54.6 Å². The Morgan fingerprint density at radius 1 is 1.04 bits per heavy atom. The summed E-state index contributed by atoms with van der Waals surface area (Å²) >= 11 is 0. The molecule has 1 fully saturated rings. The summed E-state index contributed by atoms with van der Waals surface area (Å²) < 4.78 is 9.80. The summed E-state index contributed by atoms with van der Waals surface area (Å²) in [7, 11) is 1.66. The number of carbonyl (C=O) groups is 1. The van der Waals surface area contributed by atoms with E-state index in [1.165, 1.54) is 0 Å². The normalized spacial score (nSPS) is 14.5. The van der Waals surface area contributed by atoms with Crippen LogP contribution in [0.3, 0.4) is 0 Å². The predicted molar refractivity (Wildman–Crippen MR) is 105 cm³/mol. The Morgan fingerprint density at radius 3 is 2.46 bits per heavy atom. The lowest BCUT2D eigenvalue weighted by Gasteiger charge is -2.07. The maximum Gasteiger partial charge on any atom is 0.407 e. The fraction of sp³-hybridized carbons (Fsp3) is 0.136. The number of cyclic esters (lactones) is 1. The van der Waals surface area contributed by atoms with Crippen molar-refractivity contribution in [1.82, 2.24) is 15.3 Å². The number of ether oxygens (including phenoxy) is 2. The van der Waals surface area contributed by atoms with Crippen molar-refractivity contribution in [2.45, 2.75) is 6.04 Å². The van der Waals surface area contributed by atoms with Gasteiger partial charge in [0.1, 0.15) is 12.4 Å². The highest BCUT2D eigenvalue weighted by Gasteiger charge is 2.23. The number of alkyl carbamates (subject to hydrolysis) is 1. The van der Waals surface area contributed by atoms with Crippen LogP contribution in [-0.2, 0) is 4.74 Å². The topological polar surface area (TPSA) is 73.3 Å². The zero-order valence-corrected chi connectivity index (χ0v) is 15.3. The van der Waals surface area contributed by atoms with E-state index in [2.05, 4.69) is 27.1 Å². The van der Waals surface area contributed by atoms with Crippen LogP contribution in [0.2, 0.25) is 0 Å². The van der Waals surface area contributed by atoms with Gasteiger partial charge in [-0.2, -0.15) is 0 Å². The highest BCUT2D eigenvalue weighted by atomic mass is 16.6. The molecule has 28 heavy (non-hydrogen) atoms. The standard InChI is InChI=1S/C15H11N3O2.C7H8O/c19-15-18-13(10-20-15)12-4-1-3-11(9-12)5-6-14-16-7-2-8-17-14;1-8-7-5-3-2-4-6-7/h1-4,7-9,13H,10H2,(H,18,19);2-6H,1H3/t13-;/m0./s1. The Balaban J connectivity index is 0.000000236. The van der Waals surface area contributed by atoms with Crippen LogP contribution in [0.1, 0.15) is 23.0 Å². The number of rotatable bonds is 2. The Bertz CT molecular complexity index is 966. The van der Waals surface area contributed by atoms with E-state index in [9.17, 15) is 4.79 Å². The van der Waals surface area contributed by atoms with Gasteiger partial charge in [-0.3, -0.25) is 0 Å². The third kappa shape index (κ3) is 5.58. The molecule has 140 valence electrons. The minimum absolute atomic E-state index is 0.114. The zero-order valence-electron chi connectivity index (χ0n) is 15.3. The lowest BCUT2D eigenvalue weighted by molar-refractivity contribution is 0.177. The van der Waals surface area contributed by atoms with E-state index in [0.29, 0.717) is 12.4 Å². The van der Waals surface area contributed by atoms with Crippen molar-refractivity contribution in [2.75, 3.05) is 13.7 Å². The van der Waals surface area contributed by atoms with E-state index in [4.69, 9.17) is 9.47 Å². The Hall–Kier alpha value is -3.85. The number of amides is 1. The van der Waals surface area contributed by atoms with Crippen LogP contribution in [-0.4, -0.2) is 29.8 Å². The van der Waals surface area contributed by atoms with E-state index in [1.54, 1.807) is 25.6 Å². The molecule has 1 N–H and O–H groups in total. The molecular formula is C22H19N3O3. The second kappa shape index (κ2) is 9.74. The van der Waals surface area contributed by atoms with Crippen LogP contribution in [0, 0.1) is 11.8 Å². The van der Waals surface area contributed by atoms with Gasteiger partial charge >= 0.3 is 6.09 Å². The average Bonchev–Trinajstić information content (AvgIpc) is 3.21. The van der Waals surface area contributed by atoms with Crippen LogP contribution >= 0.6 is 0 Å². The molecule has 1 aliphatic rings. The molecule has 0 aliphatic carbocycles. The quantitative estimate of drug-likeness (QED) is 0.698. The maximum absolute atomic E-state index is 11.0. The van der Waals surface area contributed by atoms with Gasteiger partial charge in [-0.1, -0.05) is 36.3 Å². The van der Waals surface area contributed by atoms with Gasteiger partial charge in [0.25, 0.3) is 0 Å². The zero-order chi connectivity index (χ0) is 19.6. The minimum Gasteiger partial charge on any atom is -0.497 e. The number of benzene rings is 2. The van der Waals surface area contributed by atoms with Gasteiger partial charge in [0.2, 0.25) is 5.82 Å². The van der Waals surface area contributed by atoms with Crippen molar-refractivity contribution in [3.05, 3.63) is 90.0 Å². The maximum atomic E-state index is 11.0. The van der Waals surface area contributed by atoms with Crippen LogP contribution < -0.4 is 10.1 Å². The van der Waals surface area contributed by atoms with Gasteiger partial charge < -0.3 is 14.8 Å².